The van der Waals surface area contributed by atoms with Crippen LogP contribution in [-0.2, 0) is 4.79 Å². The molecule has 6 nitrogen and oxygen atoms in total. The third-order valence-corrected chi connectivity index (χ3v) is 4.74. The summed E-state index contributed by atoms with van der Waals surface area (Å²) in [5.74, 6) is 1.07. The Morgan fingerprint density at radius 1 is 1.12 bits per heavy atom. The Balaban J connectivity index is 2.08. The molecule has 1 aromatic heterocycles. The minimum Gasteiger partial charge on any atom is -0.497 e. The van der Waals surface area contributed by atoms with Crippen molar-refractivity contribution in [2.24, 2.45) is 5.73 Å². The lowest BCUT2D eigenvalue weighted by atomic mass is 10.2. The normalized spacial score (nSPS) is 11.9. The average molecular weight is 354 g/mol. The quantitative estimate of drug-likeness (QED) is 0.688. The number of nitrogens with two attached hydrogens (primary N) is 1. The van der Waals surface area contributed by atoms with Crippen molar-refractivity contribution in [3.05, 3.63) is 54.6 Å². The second-order valence-corrected chi connectivity index (χ2v) is 6.68. The molecule has 0 bridgehead atoms. The van der Waals surface area contributed by atoms with Crippen LogP contribution in [0.4, 0.5) is 0 Å². The summed E-state index contributed by atoms with van der Waals surface area (Å²) >= 11 is 1.29. The van der Waals surface area contributed by atoms with Crippen LogP contribution in [0.15, 0.2) is 59.8 Å². The third-order valence-electron chi connectivity index (χ3n) is 3.68. The number of para-hydroxylation sites is 1. The van der Waals surface area contributed by atoms with Crippen molar-refractivity contribution in [3.8, 4) is 22.8 Å². The zero-order valence-electron chi connectivity index (χ0n) is 13.9. The van der Waals surface area contributed by atoms with E-state index < -0.39 is 11.2 Å². The summed E-state index contributed by atoms with van der Waals surface area (Å²) in [5.41, 5.74) is 7.20. The molecule has 0 aliphatic heterocycles. The number of hydrogen-bond donors (Lipinski definition) is 1. The fourth-order valence-electron chi connectivity index (χ4n) is 2.30. The van der Waals surface area contributed by atoms with Crippen molar-refractivity contribution in [2.45, 2.75) is 17.3 Å². The third kappa shape index (κ3) is 3.66. The van der Waals surface area contributed by atoms with Crippen LogP contribution in [0.1, 0.15) is 6.92 Å². The van der Waals surface area contributed by atoms with Gasteiger partial charge in [0.2, 0.25) is 5.91 Å². The highest BCUT2D eigenvalue weighted by atomic mass is 32.2. The number of amides is 1. The lowest BCUT2D eigenvalue weighted by Gasteiger charge is -2.12. The fraction of sp³-hybridized carbons (Fsp3) is 0.167. The van der Waals surface area contributed by atoms with Crippen LogP contribution < -0.4 is 10.5 Å². The van der Waals surface area contributed by atoms with Crippen LogP contribution in [0.3, 0.4) is 0 Å². The van der Waals surface area contributed by atoms with Crippen LogP contribution in [0.2, 0.25) is 0 Å². The first-order valence-corrected chi connectivity index (χ1v) is 8.59. The largest absolute Gasteiger partial charge is 0.497 e. The highest BCUT2D eigenvalue weighted by molar-refractivity contribution is 8.00. The molecule has 1 atom stereocenters. The van der Waals surface area contributed by atoms with Crippen molar-refractivity contribution < 1.29 is 9.53 Å². The monoisotopic (exact) mass is 354 g/mol. The number of rotatable bonds is 6. The number of methoxy groups -OCH3 is 1. The smallest absolute Gasteiger partial charge is 0.230 e. The molecule has 3 aromatic rings. The molecule has 2 N–H and O–H groups in total. The van der Waals surface area contributed by atoms with E-state index in [4.69, 9.17) is 10.5 Å². The molecule has 0 saturated carbocycles. The van der Waals surface area contributed by atoms with Gasteiger partial charge in [-0.25, -0.2) is 0 Å². The van der Waals surface area contributed by atoms with Crippen LogP contribution in [0.5, 0.6) is 5.75 Å². The molecule has 3 rings (SSSR count). The molecular weight excluding hydrogens is 336 g/mol. The summed E-state index contributed by atoms with van der Waals surface area (Å²) in [6, 6.07) is 17.4. The molecule has 128 valence electrons. The highest BCUT2D eigenvalue weighted by Crippen LogP contribution is 2.30. The molecule has 0 radical (unpaired) electrons. The average Bonchev–Trinajstić information content (AvgIpc) is 3.06. The van der Waals surface area contributed by atoms with E-state index in [1.165, 1.54) is 11.8 Å². The number of carbonyl (C=O) groups is 1. The van der Waals surface area contributed by atoms with Gasteiger partial charge in [-0.2, -0.15) is 0 Å². The number of nitrogens with zero attached hydrogens (tertiary/aromatic N) is 3. The Kier molecular flexibility index (Phi) is 5.04. The van der Waals surface area contributed by atoms with Crippen LogP contribution in [-0.4, -0.2) is 33.0 Å². The zero-order valence-corrected chi connectivity index (χ0v) is 14.7. The highest BCUT2D eigenvalue weighted by Gasteiger charge is 2.20. The number of ether oxygens (including phenoxy) is 1. The van der Waals surface area contributed by atoms with Gasteiger partial charge in [0, 0.05) is 11.3 Å². The fourth-order valence-corrected chi connectivity index (χ4v) is 3.12. The van der Waals surface area contributed by atoms with E-state index in [0.717, 1.165) is 17.0 Å². The molecule has 0 unspecified atom stereocenters. The van der Waals surface area contributed by atoms with Crippen molar-refractivity contribution in [2.75, 3.05) is 7.11 Å². The number of carbonyl (C=O) groups excluding carboxylic acids is 1. The van der Waals surface area contributed by atoms with Crippen molar-refractivity contribution in [3.63, 3.8) is 0 Å². The lowest BCUT2D eigenvalue weighted by Crippen LogP contribution is -2.23. The first-order chi connectivity index (χ1) is 12.1. The molecule has 25 heavy (non-hydrogen) atoms. The second-order valence-electron chi connectivity index (χ2n) is 5.37. The summed E-state index contributed by atoms with van der Waals surface area (Å²) in [6.07, 6.45) is 0. The topological polar surface area (TPSA) is 83.0 Å². The summed E-state index contributed by atoms with van der Waals surface area (Å²) < 4.78 is 7.13. The number of thioether (sulfide) groups is 1. The van der Waals surface area contributed by atoms with Gasteiger partial charge in [0.1, 0.15) is 5.75 Å². The van der Waals surface area contributed by atoms with E-state index in [2.05, 4.69) is 10.2 Å². The van der Waals surface area contributed by atoms with Gasteiger partial charge in [-0.3, -0.25) is 9.36 Å². The second kappa shape index (κ2) is 7.40. The van der Waals surface area contributed by atoms with Crippen LogP contribution >= 0.6 is 11.8 Å². The van der Waals surface area contributed by atoms with E-state index in [0.29, 0.717) is 11.0 Å². The summed E-state index contributed by atoms with van der Waals surface area (Å²) in [4.78, 5) is 11.4. The van der Waals surface area contributed by atoms with E-state index in [9.17, 15) is 4.79 Å². The predicted octanol–water partition coefficient (Wildman–Crippen LogP) is 2.91. The molecule has 0 aliphatic carbocycles. The Morgan fingerprint density at radius 3 is 2.40 bits per heavy atom. The number of aromatic nitrogens is 3. The molecular formula is C18H18N4O2S. The maximum Gasteiger partial charge on any atom is 0.230 e. The maximum atomic E-state index is 11.4. The number of benzene rings is 2. The van der Waals surface area contributed by atoms with Gasteiger partial charge in [0.15, 0.2) is 11.0 Å². The molecule has 7 heteroatoms. The summed E-state index contributed by atoms with van der Waals surface area (Å²) in [7, 11) is 1.63. The molecule has 0 aliphatic rings. The van der Waals surface area contributed by atoms with Gasteiger partial charge in [-0.1, -0.05) is 30.0 Å². The maximum absolute atomic E-state index is 11.4. The van der Waals surface area contributed by atoms with Gasteiger partial charge in [0.25, 0.3) is 0 Å². The molecule has 0 fully saturated rings. The molecule has 1 amide bonds. The molecule has 0 spiro atoms. The Hall–Kier alpha value is -2.80. The SMILES string of the molecule is COc1ccc(-c2nnc(S[C@H](C)C(N)=O)n2-c2ccccc2)cc1. The van der Waals surface area contributed by atoms with E-state index in [1.54, 1.807) is 14.0 Å². The molecule has 2 aromatic carbocycles. The standard InChI is InChI=1S/C18H18N4O2S/c1-12(16(19)23)25-18-21-20-17(13-8-10-15(24-2)11-9-13)22(18)14-6-4-3-5-7-14/h3-12H,1-2H3,(H2,19,23)/t12-/m1/s1. The summed E-state index contributed by atoms with van der Waals surface area (Å²) in [6.45, 7) is 1.75. The van der Waals surface area contributed by atoms with Gasteiger partial charge in [-0.15, -0.1) is 10.2 Å². The van der Waals surface area contributed by atoms with E-state index >= 15 is 0 Å². The van der Waals surface area contributed by atoms with Gasteiger partial charge >= 0.3 is 0 Å². The van der Waals surface area contributed by atoms with E-state index in [1.807, 2.05) is 59.2 Å². The molecule has 0 saturated heterocycles. The van der Waals surface area contributed by atoms with Gasteiger partial charge < -0.3 is 10.5 Å². The van der Waals surface area contributed by atoms with E-state index in [-0.39, 0.29) is 0 Å². The summed E-state index contributed by atoms with van der Waals surface area (Å²) in [5, 5.41) is 8.81. The Morgan fingerprint density at radius 2 is 1.80 bits per heavy atom. The Bertz CT molecular complexity index is 863. The van der Waals surface area contributed by atoms with Gasteiger partial charge in [0.05, 0.1) is 12.4 Å². The number of primary amides is 1. The molecule has 1 heterocycles. The first kappa shape index (κ1) is 17.0. The van der Waals surface area contributed by atoms with Gasteiger partial charge in [-0.05, 0) is 43.3 Å². The Labute approximate surface area is 150 Å². The minimum atomic E-state index is -0.407. The van der Waals surface area contributed by atoms with Crippen molar-refractivity contribution >= 4 is 17.7 Å². The van der Waals surface area contributed by atoms with Crippen molar-refractivity contribution in [1.29, 1.82) is 0 Å². The number of hydrogen-bond acceptors (Lipinski definition) is 5. The predicted molar refractivity (Wildman–Crippen MR) is 97.9 cm³/mol. The first-order valence-electron chi connectivity index (χ1n) is 7.71. The lowest BCUT2D eigenvalue weighted by molar-refractivity contribution is -0.117. The van der Waals surface area contributed by atoms with Crippen LogP contribution in [0.25, 0.3) is 17.1 Å². The minimum absolute atomic E-state index is 0.390. The zero-order chi connectivity index (χ0) is 17.8. The van der Waals surface area contributed by atoms with Crippen molar-refractivity contribution in [1.82, 2.24) is 14.8 Å². The van der Waals surface area contributed by atoms with Crippen LogP contribution in [0, 0.1) is 0 Å².